The van der Waals surface area contributed by atoms with E-state index in [-0.39, 0.29) is 11.2 Å². The monoisotopic (exact) mass is 320 g/mol. The second-order valence-corrected chi connectivity index (χ2v) is 5.67. The lowest BCUT2D eigenvalue weighted by Gasteiger charge is -2.35. The van der Waals surface area contributed by atoms with Gasteiger partial charge in [0.05, 0.1) is 6.61 Å². The van der Waals surface area contributed by atoms with Crippen molar-refractivity contribution in [1.82, 2.24) is 0 Å². The molecule has 0 spiro atoms. The lowest BCUT2D eigenvalue weighted by Crippen LogP contribution is -2.35. The van der Waals surface area contributed by atoms with Crippen molar-refractivity contribution >= 4 is 27.5 Å². The summed E-state index contributed by atoms with van der Waals surface area (Å²) in [6, 6.07) is 4.62. The van der Waals surface area contributed by atoms with Gasteiger partial charge in [0.15, 0.2) is 0 Å². The number of ether oxygens (including phenoxy) is 1. The second-order valence-electron chi connectivity index (χ2n) is 4.70. The van der Waals surface area contributed by atoms with Gasteiger partial charge in [0.1, 0.15) is 5.82 Å². The van der Waals surface area contributed by atoms with Crippen LogP contribution in [0.1, 0.15) is 18.4 Å². The van der Waals surface area contributed by atoms with Gasteiger partial charge in [-0.15, -0.1) is 0 Å². The molecule has 1 fully saturated rings. The summed E-state index contributed by atoms with van der Waals surface area (Å²) in [5, 5.41) is 1.39. The highest BCUT2D eigenvalue weighted by Gasteiger charge is 2.32. The van der Waals surface area contributed by atoms with Gasteiger partial charge < -0.3 is 4.74 Å². The van der Waals surface area contributed by atoms with Crippen LogP contribution in [0.15, 0.2) is 18.2 Å². The molecule has 4 heteroatoms. The second kappa shape index (κ2) is 5.68. The minimum atomic E-state index is -0.286. The largest absolute Gasteiger partial charge is 0.381 e. The van der Waals surface area contributed by atoms with Gasteiger partial charge >= 0.3 is 0 Å². The maximum atomic E-state index is 13.0. The molecular formula is C13H15BrClFO. The Morgan fingerprint density at radius 2 is 2.29 bits per heavy atom. The predicted octanol–water partition coefficient (Wildman–Crippen LogP) is 4.21. The fourth-order valence-corrected chi connectivity index (χ4v) is 3.15. The first-order valence-electron chi connectivity index (χ1n) is 5.73. The highest BCUT2D eigenvalue weighted by molar-refractivity contribution is 9.09. The molecule has 0 aliphatic carbocycles. The summed E-state index contributed by atoms with van der Waals surface area (Å²) in [4.78, 5) is 0. The standard InChI is InChI=1S/C13H15BrClFO/c14-8-13(4-1-5-17-9-13)7-10-2-3-11(16)6-12(10)15/h2-3,6H,1,4-5,7-9H2. The molecule has 1 aromatic rings. The smallest absolute Gasteiger partial charge is 0.124 e. The molecule has 1 heterocycles. The van der Waals surface area contributed by atoms with E-state index >= 15 is 0 Å². The SMILES string of the molecule is Fc1ccc(CC2(CBr)CCCOC2)c(Cl)c1. The van der Waals surface area contributed by atoms with Crippen LogP contribution in [0.2, 0.25) is 5.02 Å². The van der Waals surface area contributed by atoms with E-state index in [1.807, 2.05) is 0 Å². The number of hydrogen-bond acceptors (Lipinski definition) is 1. The van der Waals surface area contributed by atoms with Crippen molar-refractivity contribution in [3.05, 3.63) is 34.6 Å². The molecule has 1 aliphatic rings. The summed E-state index contributed by atoms with van der Waals surface area (Å²) >= 11 is 9.64. The van der Waals surface area contributed by atoms with Crippen molar-refractivity contribution in [2.45, 2.75) is 19.3 Å². The molecule has 1 saturated heterocycles. The normalized spacial score (nSPS) is 24.9. The zero-order valence-corrected chi connectivity index (χ0v) is 11.9. The first-order valence-corrected chi connectivity index (χ1v) is 7.23. The van der Waals surface area contributed by atoms with Gasteiger partial charge in [0.25, 0.3) is 0 Å². The molecule has 1 unspecified atom stereocenters. The molecule has 0 amide bonds. The van der Waals surface area contributed by atoms with E-state index in [1.165, 1.54) is 12.1 Å². The third-order valence-corrected chi connectivity index (χ3v) is 4.81. The van der Waals surface area contributed by atoms with E-state index in [1.54, 1.807) is 6.07 Å². The summed E-state index contributed by atoms with van der Waals surface area (Å²) in [6.07, 6.45) is 3.02. The molecule has 94 valence electrons. The minimum Gasteiger partial charge on any atom is -0.381 e. The zero-order valence-electron chi connectivity index (χ0n) is 9.52. The molecule has 0 bridgehead atoms. The van der Waals surface area contributed by atoms with Gasteiger partial charge in [0, 0.05) is 22.4 Å². The van der Waals surface area contributed by atoms with Gasteiger partial charge in [-0.1, -0.05) is 33.6 Å². The Morgan fingerprint density at radius 1 is 1.47 bits per heavy atom. The highest BCUT2D eigenvalue weighted by Crippen LogP contribution is 2.36. The van der Waals surface area contributed by atoms with Gasteiger partial charge in [-0.3, -0.25) is 0 Å². The van der Waals surface area contributed by atoms with Crippen LogP contribution in [0.25, 0.3) is 0 Å². The number of rotatable bonds is 3. The molecule has 0 radical (unpaired) electrons. The molecule has 1 nitrogen and oxygen atoms in total. The molecule has 1 atom stereocenters. The van der Waals surface area contributed by atoms with Crippen molar-refractivity contribution in [1.29, 1.82) is 0 Å². The van der Waals surface area contributed by atoms with Crippen LogP contribution >= 0.6 is 27.5 Å². The third-order valence-electron chi connectivity index (χ3n) is 3.27. The predicted molar refractivity (Wildman–Crippen MR) is 71.4 cm³/mol. The van der Waals surface area contributed by atoms with Crippen LogP contribution in [0, 0.1) is 11.2 Å². The summed E-state index contributed by atoms with van der Waals surface area (Å²) < 4.78 is 18.5. The van der Waals surface area contributed by atoms with E-state index in [9.17, 15) is 4.39 Å². The van der Waals surface area contributed by atoms with Crippen molar-refractivity contribution in [3.8, 4) is 0 Å². The average molecular weight is 322 g/mol. The summed E-state index contributed by atoms with van der Waals surface area (Å²) in [5.41, 5.74) is 1.10. The summed E-state index contributed by atoms with van der Waals surface area (Å²) in [5.74, 6) is -0.286. The van der Waals surface area contributed by atoms with Crippen molar-refractivity contribution in [3.63, 3.8) is 0 Å². The summed E-state index contributed by atoms with van der Waals surface area (Å²) in [6.45, 7) is 1.58. The fraction of sp³-hybridized carbons (Fsp3) is 0.538. The van der Waals surface area contributed by atoms with Crippen molar-refractivity contribution in [2.75, 3.05) is 18.5 Å². The molecule has 2 rings (SSSR count). The van der Waals surface area contributed by atoms with E-state index < -0.39 is 0 Å². The van der Waals surface area contributed by atoms with Crippen LogP contribution in [-0.2, 0) is 11.2 Å². The maximum Gasteiger partial charge on any atom is 0.124 e. The Kier molecular flexibility index (Phi) is 4.45. The van der Waals surface area contributed by atoms with Crippen LogP contribution in [0.4, 0.5) is 4.39 Å². The molecule has 0 saturated carbocycles. The molecule has 0 aromatic heterocycles. The number of halogens is 3. The highest BCUT2D eigenvalue weighted by atomic mass is 79.9. The number of benzene rings is 1. The van der Waals surface area contributed by atoms with Crippen molar-refractivity contribution in [2.24, 2.45) is 5.41 Å². The quantitative estimate of drug-likeness (QED) is 0.758. The molecule has 1 aliphatic heterocycles. The Hall–Kier alpha value is -0.120. The topological polar surface area (TPSA) is 9.23 Å². The average Bonchev–Trinajstić information content (AvgIpc) is 2.34. The lowest BCUT2D eigenvalue weighted by molar-refractivity contribution is 0.00615. The van der Waals surface area contributed by atoms with Crippen LogP contribution < -0.4 is 0 Å². The van der Waals surface area contributed by atoms with E-state index in [0.29, 0.717) is 5.02 Å². The van der Waals surface area contributed by atoms with Gasteiger partial charge in [-0.2, -0.15) is 0 Å². The zero-order chi connectivity index (χ0) is 12.3. The lowest BCUT2D eigenvalue weighted by atomic mass is 9.79. The third kappa shape index (κ3) is 3.21. The van der Waals surface area contributed by atoms with Crippen molar-refractivity contribution < 1.29 is 9.13 Å². The first kappa shape index (κ1) is 13.3. The van der Waals surface area contributed by atoms with Gasteiger partial charge in [-0.05, 0) is 37.0 Å². The van der Waals surface area contributed by atoms with Gasteiger partial charge in [0.2, 0.25) is 0 Å². The molecule has 17 heavy (non-hydrogen) atoms. The fourth-order valence-electron chi connectivity index (χ4n) is 2.27. The van der Waals surface area contributed by atoms with E-state index in [2.05, 4.69) is 15.9 Å². The minimum absolute atomic E-state index is 0.0969. The molecular weight excluding hydrogens is 306 g/mol. The van der Waals surface area contributed by atoms with Gasteiger partial charge in [-0.25, -0.2) is 4.39 Å². The molecule has 0 N–H and O–H groups in total. The Labute approximate surface area is 114 Å². The Balaban J connectivity index is 2.17. The Bertz CT molecular complexity index is 391. The molecule has 1 aromatic carbocycles. The maximum absolute atomic E-state index is 13.0. The summed E-state index contributed by atoms with van der Waals surface area (Å²) in [7, 11) is 0. The first-order chi connectivity index (χ1) is 8.15. The van der Waals surface area contributed by atoms with Crippen LogP contribution in [-0.4, -0.2) is 18.5 Å². The Morgan fingerprint density at radius 3 is 2.88 bits per heavy atom. The number of hydrogen-bond donors (Lipinski definition) is 0. The van der Waals surface area contributed by atoms with Crippen LogP contribution in [0.5, 0.6) is 0 Å². The van der Waals surface area contributed by atoms with E-state index in [4.69, 9.17) is 16.3 Å². The number of alkyl halides is 1. The van der Waals surface area contributed by atoms with Crippen LogP contribution in [0.3, 0.4) is 0 Å². The van der Waals surface area contributed by atoms with E-state index in [0.717, 1.165) is 43.4 Å².